The van der Waals surface area contributed by atoms with Gasteiger partial charge in [0, 0.05) is 20.8 Å². The van der Waals surface area contributed by atoms with Crippen molar-refractivity contribution in [3.8, 4) is 0 Å². The number of benzene rings is 1. The minimum atomic E-state index is 0.310. The molecule has 0 aromatic heterocycles. The van der Waals surface area contributed by atoms with Crippen molar-refractivity contribution < 1.29 is 9.47 Å². The summed E-state index contributed by atoms with van der Waals surface area (Å²) >= 11 is 0. The fourth-order valence-corrected chi connectivity index (χ4v) is 1.60. The second kappa shape index (κ2) is 7.43. The van der Waals surface area contributed by atoms with Gasteiger partial charge in [0.25, 0.3) is 0 Å². The molecule has 84 valence electrons. The number of rotatable bonds is 7. The van der Waals surface area contributed by atoms with Crippen molar-refractivity contribution in [1.29, 1.82) is 0 Å². The van der Waals surface area contributed by atoms with E-state index in [2.05, 4.69) is 24.3 Å². The molecule has 0 radical (unpaired) electrons. The largest absolute Gasteiger partial charge is 0.385 e. The van der Waals surface area contributed by atoms with Crippen molar-refractivity contribution in [2.75, 3.05) is 20.8 Å². The Labute approximate surface area is 92.2 Å². The highest BCUT2D eigenvalue weighted by Crippen LogP contribution is 2.09. The van der Waals surface area contributed by atoms with E-state index in [4.69, 9.17) is 9.47 Å². The van der Waals surface area contributed by atoms with Gasteiger partial charge in [0.1, 0.15) is 0 Å². The van der Waals surface area contributed by atoms with Gasteiger partial charge in [-0.05, 0) is 24.8 Å². The van der Waals surface area contributed by atoms with Crippen molar-refractivity contribution in [3.63, 3.8) is 0 Å². The molecule has 2 heteroatoms. The predicted octanol–water partition coefficient (Wildman–Crippen LogP) is 2.67. The van der Waals surface area contributed by atoms with Gasteiger partial charge in [0.15, 0.2) is 0 Å². The maximum Gasteiger partial charge on any atom is 0.0596 e. The van der Waals surface area contributed by atoms with Gasteiger partial charge in [-0.25, -0.2) is 0 Å². The molecule has 1 aromatic carbocycles. The Hall–Kier alpha value is -0.860. The summed E-state index contributed by atoms with van der Waals surface area (Å²) in [6.45, 7) is 0.771. The molecule has 0 saturated heterocycles. The third-order valence-corrected chi connectivity index (χ3v) is 2.58. The third-order valence-electron chi connectivity index (χ3n) is 2.58. The molecule has 1 rings (SSSR count). The van der Waals surface area contributed by atoms with Crippen LogP contribution >= 0.6 is 0 Å². The molecular weight excluding hydrogens is 188 g/mol. The summed E-state index contributed by atoms with van der Waals surface area (Å²) in [4.78, 5) is 0. The second-order valence-electron chi connectivity index (χ2n) is 3.66. The Morgan fingerprint density at radius 1 is 1.07 bits per heavy atom. The topological polar surface area (TPSA) is 18.5 Å². The molecule has 0 N–H and O–H groups in total. The first-order valence-corrected chi connectivity index (χ1v) is 5.42. The van der Waals surface area contributed by atoms with Crippen molar-refractivity contribution in [2.24, 2.45) is 0 Å². The lowest BCUT2D eigenvalue weighted by Gasteiger charge is -2.14. The van der Waals surface area contributed by atoms with E-state index in [0.29, 0.717) is 6.10 Å². The van der Waals surface area contributed by atoms with Gasteiger partial charge in [0.2, 0.25) is 0 Å². The minimum Gasteiger partial charge on any atom is -0.385 e. The Morgan fingerprint density at radius 2 is 1.80 bits per heavy atom. The van der Waals surface area contributed by atoms with Gasteiger partial charge in [-0.15, -0.1) is 0 Å². The van der Waals surface area contributed by atoms with Gasteiger partial charge >= 0.3 is 0 Å². The number of methoxy groups -OCH3 is 2. The quantitative estimate of drug-likeness (QED) is 0.686. The van der Waals surface area contributed by atoms with Crippen LogP contribution < -0.4 is 0 Å². The molecule has 15 heavy (non-hydrogen) atoms. The van der Waals surface area contributed by atoms with E-state index >= 15 is 0 Å². The average Bonchev–Trinajstić information content (AvgIpc) is 2.31. The molecule has 0 heterocycles. The molecule has 2 nitrogen and oxygen atoms in total. The van der Waals surface area contributed by atoms with Crippen LogP contribution in [0.25, 0.3) is 0 Å². The molecule has 0 fully saturated rings. The summed E-state index contributed by atoms with van der Waals surface area (Å²) < 4.78 is 10.4. The highest BCUT2D eigenvalue weighted by atomic mass is 16.5. The zero-order chi connectivity index (χ0) is 10.9. The fraction of sp³-hybridized carbons (Fsp3) is 0.538. The van der Waals surface area contributed by atoms with Crippen LogP contribution in [-0.4, -0.2) is 26.9 Å². The van der Waals surface area contributed by atoms with E-state index < -0.39 is 0 Å². The van der Waals surface area contributed by atoms with Gasteiger partial charge in [-0.3, -0.25) is 0 Å². The molecule has 1 aromatic rings. The summed E-state index contributed by atoms with van der Waals surface area (Å²) in [5.41, 5.74) is 1.37. The van der Waals surface area contributed by atoms with Crippen LogP contribution in [-0.2, 0) is 15.9 Å². The summed E-state index contributed by atoms with van der Waals surface area (Å²) in [5.74, 6) is 0. The monoisotopic (exact) mass is 208 g/mol. The Balaban J connectivity index is 2.28. The molecule has 0 saturated carbocycles. The van der Waals surface area contributed by atoms with Gasteiger partial charge in [-0.1, -0.05) is 30.3 Å². The number of hydrogen-bond acceptors (Lipinski definition) is 2. The second-order valence-corrected chi connectivity index (χ2v) is 3.66. The lowest BCUT2D eigenvalue weighted by atomic mass is 10.1. The van der Waals surface area contributed by atoms with E-state index in [-0.39, 0.29) is 0 Å². The molecule has 0 spiro atoms. The van der Waals surface area contributed by atoms with E-state index in [1.54, 1.807) is 14.2 Å². The molecule has 0 bridgehead atoms. The molecule has 1 unspecified atom stereocenters. The summed E-state index contributed by atoms with van der Waals surface area (Å²) in [7, 11) is 3.50. The summed E-state index contributed by atoms with van der Waals surface area (Å²) in [6.07, 6.45) is 3.41. The van der Waals surface area contributed by atoms with Crippen molar-refractivity contribution >= 4 is 0 Å². The lowest BCUT2D eigenvalue weighted by Crippen LogP contribution is -2.14. The normalized spacial score (nSPS) is 12.7. The zero-order valence-corrected chi connectivity index (χ0v) is 9.61. The average molecular weight is 208 g/mol. The van der Waals surface area contributed by atoms with E-state index in [1.165, 1.54) is 5.56 Å². The van der Waals surface area contributed by atoms with Crippen LogP contribution in [0, 0.1) is 0 Å². The Bertz CT molecular complexity index is 246. The van der Waals surface area contributed by atoms with Crippen LogP contribution in [0.4, 0.5) is 0 Å². The third kappa shape index (κ3) is 4.96. The molecule has 0 aliphatic heterocycles. The van der Waals surface area contributed by atoms with E-state index in [0.717, 1.165) is 25.9 Å². The van der Waals surface area contributed by atoms with Gasteiger partial charge in [-0.2, -0.15) is 0 Å². The fourth-order valence-electron chi connectivity index (χ4n) is 1.60. The van der Waals surface area contributed by atoms with Crippen LogP contribution in [0.3, 0.4) is 0 Å². The Kier molecular flexibility index (Phi) is 6.05. The predicted molar refractivity (Wildman–Crippen MR) is 62.1 cm³/mol. The maximum atomic E-state index is 5.39. The number of hydrogen-bond donors (Lipinski definition) is 0. The smallest absolute Gasteiger partial charge is 0.0596 e. The molecule has 0 amide bonds. The molecular formula is C13H20O2. The zero-order valence-electron chi connectivity index (χ0n) is 9.61. The summed E-state index contributed by atoms with van der Waals surface area (Å²) in [5, 5.41) is 0. The Morgan fingerprint density at radius 3 is 2.40 bits per heavy atom. The first kappa shape index (κ1) is 12.2. The first-order valence-electron chi connectivity index (χ1n) is 5.42. The molecule has 1 atom stereocenters. The first-order chi connectivity index (χ1) is 7.36. The van der Waals surface area contributed by atoms with Crippen LogP contribution in [0.5, 0.6) is 0 Å². The maximum absolute atomic E-state index is 5.39. The molecule has 0 aliphatic carbocycles. The van der Waals surface area contributed by atoms with E-state index in [1.807, 2.05) is 6.07 Å². The number of ether oxygens (including phenoxy) is 2. The van der Waals surface area contributed by atoms with Crippen molar-refractivity contribution in [3.05, 3.63) is 35.9 Å². The number of aryl methyl sites for hydroxylation is 1. The standard InChI is InChI=1S/C13H20O2/c1-14-11-10-13(15-2)9-8-12-6-4-3-5-7-12/h3-7,13H,8-11H2,1-2H3. The SMILES string of the molecule is COCCC(CCc1ccccc1)OC. The van der Waals surface area contributed by atoms with Crippen LogP contribution in [0.15, 0.2) is 30.3 Å². The highest BCUT2D eigenvalue weighted by Gasteiger charge is 2.06. The van der Waals surface area contributed by atoms with Crippen LogP contribution in [0.2, 0.25) is 0 Å². The molecule has 0 aliphatic rings. The van der Waals surface area contributed by atoms with Gasteiger partial charge in [0.05, 0.1) is 6.10 Å². The van der Waals surface area contributed by atoms with Crippen LogP contribution in [0.1, 0.15) is 18.4 Å². The van der Waals surface area contributed by atoms with E-state index in [9.17, 15) is 0 Å². The van der Waals surface area contributed by atoms with Crippen molar-refractivity contribution in [1.82, 2.24) is 0 Å². The minimum absolute atomic E-state index is 0.310. The highest BCUT2D eigenvalue weighted by molar-refractivity contribution is 5.14. The van der Waals surface area contributed by atoms with Gasteiger partial charge < -0.3 is 9.47 Å². The van der Waals surface area contributed by atoms with Crippen molar-refractivity contribution in [2.45, 2.75) is 25.4 Å². The lowest BCUT2D eigenvalue weighted by molar-refractivity contribution is 0.0610. The summed E-state index contributed by atoms with van der Waals surface area (Å²) in [6, 6.07) is 10.5.